The summed E-state index contributed by atoms with van der Waals surface area (Å²) >= 11 is 5.77. The van der Waals surface area contributed by atoms with Crippen LogP contribution in [0.1, 0.15) is 36.0 Å². The van der Waals surface area contributed by atoms with E-state index in [0.29, 0.717) is 11.2 Å². The van der Waals surface area contributed by atoms with Gasteiger partial charge < -0.3 is 10.0 Å². The zero-order chi connectivity index (χ0) is 12.8. The molecular formula is C12H14ClN3O2. The molecule has 1 aromatic heterocycles. The molecule has 1 spiro atoms. The molecule has 0 amide bonds. The molecule has 1 saturated heterocycles. The average Bonchev–Trinajstić information content (AvgIpc) is 3.09. The number of hydrogen-bond acceptors (Lipinski definition) is 4. The van der Waals surface area contributed by atoms with Gasteiger partial charge in [-0.2, -0.15) is 4.98 Å². The van der Waals surface area contributed by atoms with Gasteiger partial charge in [0.15, 0.2) is 0 Å². The van der Waals surface area contributed by atoms with Crippen molar-refractivity contribution < 1.29 is 9.90 Å². The van der Waals surface area contributed by atoms with E-state index in [9.17, 15) is 4.79 Å². The van der Waals surface area contributed by atoms with Crippen molar-refractivity contribution in [1.82, 2.24) is 9.97 Å². The second-order valence-corrected chi connectivity index (χ2v) is 5.51. The molecule has 1 saturated carbocycles. The van der Waals surface area contributed by atoms with Crippen LogP contribution in [0.5, 0.6) is 0 Å². The van der Waals surface area contributed by atoms with E-state index in [1.807, 2.05) is 4.90 Å². The van der Waals surface area contributed by atoms with Gasteiger partial charge in [-0.05, 0) is 42.7 Å². The summed E-state index contributed by atoms with van der Waals surface area (Å²) in [6.45, 7) is 1.71. The normalized spacial score (nSPS) is 21.1. The Morgan fingerprint density at radius 3 is 2.56 bits per heavy atom. The molecule has 96 valence electrons. The van der Waals surface area contributed by atoms with Crippen molar-refractivity contribution in [1.29, 1.82) is 0 Å². The van der Waals surface area contributed by atoms with Gasteiger partial charge in [-0.25, -0.2) is 9.78 Å². The highest BCUT2D eigenvalue weighted by Crippen LogP contribution is 2.53. The maximum atomic E-state index is 11.2. The molecule has 0 aromatic carbocycles. The molecule has 0 unspecified atom stereocenters. The van der Waals surface area contributed by atoms with E-state index in [-0.39, 0.29) is 10.8 Å². The largest absolute Gasteiger partial charge is 0.477 e. The van der Waals surface area contributed by atoms with Crippen molar-refractivity contribution in [3.8, 4) is 0 Å². The lowest BCUT2D eigenvalue weighted by molar-refractivity contribution is 0.0696. The molecule has 6 heteroatoms. The highest BCUT2D eigenvalue weighted by molar-refractivity contribution is 6.28. The molecule has 1 N–H and O–H groups in total. The molecule has 0 atom stereocenters. The third kappa shape index (κ3) is 2.03. The van der Waals surface area contributed by atoms with Crippen LogP contribution in [0, 0.1) is 5.41 Å². The summed E-state index contributed by atoms with van der Waals surface area (Å²) in [7, 11) is 0. The van der Waals surface area contributed by atoms with E-state index in [2.05, 4.69) is 9.97 Å². The predicted molar refractivity (Wildman–Crippen MR) is 67.1 cm³/mol. The second kappa shape index (κ2) is 4.09. The van der Waals surface area contributed by atoms with Gasteiger partial charge in [-0.1, -0.05) is 0 Å². The first-order valence-corrected chi connectivity index (χ1v) is 6.48. The van der Waals surface area contributed by atoms with Crippen LogP contribution in [0.3, 0.4) is 0 Å². The van der Waals surface area contributed by atoms with E-state index in [0.717, 1.165) is 25.9 Å². The average molecular weight is 268 g/mol. The second-order valence-electron chi connectivity index (χ2n) is 5.17. The molecular weight excluding hydrogens is 254 g/mol. The van der Waals surface area contributed by atoms with E-state index in [1.165, 1.54) is 19.0 Å². The molecule has 2 fully saturated rings. The van der Waals surface area contributed by atoms with Crippen molar-refractivity contribution in [2.45, 2.75) is 25.7 Å². The molecule has 2 heterocycles. The monoisotopic (exact) mass is 267 g/mol. The minimum atomic E-state index is -1.01. The Morgan fingerprint density at radius 2 is 2.00 bits per heavy atom. The van der Waals surface area contributed by atoms with Crippen molar-refractivity contribution in [2.24, 2.45) is 5.41 Å². The van der Waals surface area contributed by atoms with E-state index in [1.54, 1.807) is 0 Å². The molecule has 2 aliphatic rings. The van der Waals surface area contributed by atoms with Crippen LogP contribution in [0.15, 0.2) is 6.20 Å². The van der Waals surface area contributed by atoms with Gasteiger partial charge in [0.05, 0.1) is 0 Å². The predicted octanol–water partition coefficient (Wildman–Crippen LogP) is 2.21. The van der Waals surface area contributed by atoms with Crippen LogP contribution in [0.2, 0.25) is 5.28 Å². The molecule has 3 rings (SSSR count). The third-order valence-corrected chi connectivity index (χ3v) is 4.23. The lowest BCUT2D eigenvalue weighted by atomic mass is 9.93. The third-order valence-electron chi connectivity index (χ3n) is 4.05. The van der Waals surface area contributed by atoms with E-state index < -0.39 is 5.97 Å². The van der Waals surface area contributed by atoms with Crippen molar-refractivity contribution in [2.75, 3.05) is 18.0 Å². The van der Waals surface area contributed by atoms with Crippen LogP contribution >= 0.6 is 11.6 Å². The van der Waals surface area contributed by atoms with E-state index >= 15 is 0 Å². The number of nitrogens with zero attached hydrogens (tertiary/aromatic N) is 3. The summed E-state index contributed by atoms with van der Waals surface area (Å²) in [5.41, 5.74) is 0.683. The number of carbonyl (C=O) groups is 1. The van der Waals surface area contributed by atoms with Crippen LogP contribution < -0.4 is 4.90 Å². The van der Waals surface area contributed by atoms with Crippen molar-refractivity contribution in [3.05, 3.63) is 17.0 Å². The maximum Gasteiger partial charge on any atom is 0.341 e. The van der Waals surface area contributed by atoms with Gasteiger partial charge in [-0.3, -0.25) is 0 Å². The Morgan fingerprint density at radius 1 is 1.33 bits per heavy atom. The standard InChI is InChI=1S/C12H14ClN3O2/c13-11-14-7-8(10(17)18)9(15-11)16-5-3-12(1-2-12)4-6-16/h7H,1-6H2,(H,17,18). The minimum Gasteiger partial charge on any atom is -0.477 e. The fourth-order valence-electron chi connectivity index (χ4n) is 2.61. The van der Waals surface area contributed by atoms with E-state index in [4.69, 9.17) is 16.7 Å². The van der Waals surface area contributed by atoms with Gasteiger partial charge in [0.25, 0.3) is 0 Å². The van der Waals surface area contributed by atoms with Crippen molar-refractivity contribution in [3.63, 3.8) is 0 Å². The highest BCUT2D eigenvalue weighted by Gasteiger charge is 2.44. The number of aromatic nitrogens is 2. The Labute approximate surface area is 110 Å². The summed E-state index contributed by atoms with van der Waals surface area (Å²) in [5.74, 6) is -0.550. The fraction of sp³-hybridized carbons (Fsp3) is 0.583. The minimum absolute atomic E-state index is 0.0988. The highest BCUT2D eigenvalue weighted by atomic mass is 35.5. The van der Waals surface area contributed by atoms with Gasteiger partial charge >= 0.3 is 5.97 Å². The number of carboxylic acid groups (broad SMARTS) is 1. The maximum absolute atomic E-state index is 11.2. The number of carboxylic acids is 1. The fourth-order valence-corrected chi connectivity index (χ4v) is 2.74. The Hall–Kier alpha value is -1.36. The number of piperidine rings is 1. The lowest BCUT2D eigenvalue weighted by Gasteiger charge is -2.33. The van der Waals surface area contributed by atoms with Crippen molar-refractivity contribution >= 4 is 23.4 Å². The zero-order valence-corrected chi connectivity index (χ0v) is 10.7. The summed E-state index contributed by atoms with van der Waals surface area (Å²) in [4.78, 5) is 21.0. The molecule has 5 nitrogen and oxygen atoms in total. The SMILES string of the molecule is O=C(O)c1cnc(Cl)nc1N1CCC2(CC1)CC2. The van der Waals surface area contributed by atoms with Crippen LogP contribution in [0.25, 0.3) is 0 Å². The Bertz CT molecular complexity index is 492. The van der Waals surface area contributed by atoms with Gasteiger partial charge in [0, 0.05) is 19.3 Å². The molecule has 1 aliphatic heterocycles. The number of aromatic carboxylic acids is 1. The van der Waals surface area contributed by atoms with Crippen LogP contribution in [-0.4, -0.2) is 34.1 Å². The lowest BCUT2D eigenvalue weighted by Crippen LogP contribution is -2.36. The first-order valence-electron chi connectivity index (χ1n) is 6.10. The molecule has 1 aromatic rings. The summed E-state index contributed by atoms with van der Waals surface area (Å²) in [6.07, 6.45) is 6.16. The summed E-state index contributed by atoms with van der Waals surface area (Å²) in [6, 6.07) is 0. The Kier molecular flexibility index (Phi) is 2.66. The number of halogens is 1. The zero-order valence-electron chi connectivity index (χ0n) is 9.90. The summed E-state index contributed by atoms with van der Waals surface area (Å²) < 4.78 is 0. The topological polar surface area (TPSA) is 66.3 Å². The molecule has 0 bridgehead atoms. The van der Waals surface area contributed by atoms with Gasteiger partial charge in [0.1, 0.15) is 11.4 Å². The number of anilines is 1. The Balaban J connectivity index is 1.86. The smallest absolute Gasteiger partial charge is 0.341 e. The quantitative estimate of drug-likeness (QED) is 0.832. The number of rotatable bonds is 2. The van der Waals surface area contributed by atoms with Crippen LogP contribution in [0.4, 0.5) is 5.82 Å². The van der Waals surface area contributed by atoms with Gasteiger partial charge in [0.2, 0.25) is 5.28 Å². The molecule has 1 aliphatic carbocycles. The number of hydrogen-bond donors (Lipinski definition) is 1. The molecule has 0 radical (unpaired) electrons. The first kappa shape index (κ1) is 11.7. The van der Waals surface area contributed by atoms with Gasteiger partial charge in [-0.15, -0.1) is 0 Å². The van der Waals surface area contributed by atoms with Crippen LogP contribution in [-0.2, 0) is 0 Å². The summed E-state index contributed by atoms with van der Waals surface area (Å²) in [5, 5.41) is 9.25. The first-order chi connectivity index (χ1) is 8.60. The molecule has 18 heavy (non-hydrogen) atoms.